The number of hydrogen-bond donors (Lipinski definition) is 2. The highest BCUT2D eigenvalue weighted by molar-refractivity contribution is 8.01. The van der Waals surface area contributed by atoms with Gasteiger partial charge in [-0.2, -0.15) is 5.26 Å². The van der Waals surface area contributed by atoms with Gasteiger partial charge >= 0.3 is 0 Å². The number of nitriles is 1. The van der Waals surface area contributed by atoms with Gasteiger partial charge in [-0.05, 0) is 36.6 Å². The summed E-state index contributed by atoms with van der Waals surface area (Å²) in [7, 11) is 3.04. The van der Waals surface area contributed by atoms with Gasteiger partial charge in [0.05, 0.1) is 42.5 Å². The van der Waals surface area contributed by atoms with E-state index >= 15 is 0 Å². The molecule has 1 amide bonds. The molecule has 2 aromatic carbocycles. The van der Waals surface area contributed by atoms with E-state index in [2.05, 4.69) is 21.6 Å². The van der Waals surface area contributed by atoms with Crippen LogP contribution in [0.4, 0.5) is 16.5 Å². The van der Waals surface area contributed by atoms with Gasteiger partial charge in [-0.1, -0.05) is 35.2 Å². The first-order valence-electron chi connectivity index (χ1n) is 12.9. The number of hydrogen-bond acceptors (Lipinski definition) is 13. The number of Topliss-reactive ketones (excluding diaryl/α,β-unsaturated/α-hetero) is 1. The van der Waals surface area contributed by atoms with Crippen molar-refractivity contribution >= 4 is 51.3 Å². The molecule has 220 valence electrons. The average Bonchev–Trinajstić information content (AvgIpc) is 3.47. The van der Waals surface area contributed by atoms with Crippen molar-refractivity contribution in [2.24, 2.45) is 5.73 Å². The highest BCUT2D eigenvalue weighted by Crippen LogP contribution is 2.48. The maximum absolute atomic E-state index is 13.4. The molecular weight excluding hydrogens is 594 g/mol. The number of ketones is 1. The van der Waals surface area contributed by atoms with Crippen LogP contribution in [0.25, 0.3) is 0 Å². The summed E-state index contributed by atoms with van der Waals surface area (Å²) in [6, 6.07) is 13.1. The number of ether oxygens (including phenoxy) is 2. The SMILES string of the molecule is COc1ccc(C2C(C#N)=C(N)N(c3nnc(SCC(=O)Nc4cccc([N+](=O)[O-])c4)s3)C3=C2C(=O)CCC3)cc1OC. The predicted molar refractivity (Wildman–Crippen MR) is 160 cm³/mol. The van der Waals surface area contributed by atoms with Crippen LogP contribution in [0.1, 0.15) is 30.7 Å². The van der Waals surface area contributed by atoms with Crippen LogP contribution in [0.2, 0.25) is 0 Å². The van der Waals surface area contributed by atoms with E-state index in [1.807, 2.05) is 0 Å². The molecule has 1 unspecified atom stereocenters. The number of carbonyl (C=O) groups is 2. The first-order valence-corrected chi connectivity index (χ1v) is 14.7. The number of nitrogens with one attached hydrogen (secondary N) is 1. The molecule has 5 rings (SSSR count). The van der Waals surface area contributed by atoms with Crippen molar-refractivity contribution in [2.45, 2.75) is 29.5 Å². The Balaban J connectivity index is 1.42. The minimum absolute atomic E-state index is 0.0279. The Kier molecular flexibility index (Phi) is 8.60. The van der Waals surface area contributed by atoms with Gasteiger partial charge in [-0.3, -0.25) is 24.6 Å². The Morgan fingerprint density at radius 1 is 1.23 bits per heavy atom. The summed E-state index contributed by atoms with van der Waals surface area (Å²) in [6.45, 7) is 0. The van der Waals surface area contributed by atoms with Gasteiger partial charge in [0, 0.05) is 35.5 Å². The number of anilines is 2. The second-order valence-electron chi connectivity index (χ2n) is 9.43. The predicted octanol–water partition coefficient (Wildman–Crippen LogP) is 4.50. The lowest BCUT2D eigenvalue weighted by Crippen LogP contribution is -2.38. The molecule has 1 aliphatic heterocycles. The summed E-state index contributed by atoms with van der Waals surface area (Å²) in [5.41, 5.74) is 8.79. The zero-order valence-corrected chi connectivity index (χ0v) is 24.7. The summed E-state index contributed by atoms with van der Waals surface area (Å²) in [5.74, 6) is -0.0601. The molecule has 0 fully saturated rings. The molecule has 2 aliphatic rings. The van der Waals surface area contributed by atoms with E-state index in [-0.39, 0.29) is 34.5 Å². The van der Waals surface area contributed by atoms with Gasteiger partial charge in [0.1, 0.15) is 5.82 Å². The van der Waals surface area contributed by atoms with E-state index in [0.717, 1.165) is 11.8 Å². The van der Waals surface area contributed by atoms with Crippen LogP contribution >= 0.6 is 23.1 Å². The topological polar surface area (TPSA) is 187 Å². The van der Waals surface area contributed by atoms with Crippen LogP contribution in [0, 0.1) is 21.4 Å². The monoisotopic (exact) mass is 619 g/mol. The Hall–Kier alpha value is -4.94. The molecule has 0 spiro atoms. The van der Waals surface area contributed by atoms with Crippen molar-refractivity contribution in [3.8, 4) is 17.6 Å². The molecule has 0 saturated carbocycles. The van der Waals surface area contributed by atoms with E-state index < -0.39 is 10.8 Å². The highest BCUT2D eigenvalue weighted by atomic mass is 32.2. The fraction of sp³-hybridized carbons (Fsp3) is 0.250. The first kappa shape index (κ1) is 29.5. The minimum Gasteiger partial charge on any atom is -0.493 e. The minimum atomic E-state index is -0.692. The van der Waals surface area contributed by atoms with Crippen molar-refractivity contribution in [1.82, 2.24) is 10.2 Å². The summed E-state index contributed by atoms with van der Waals surface area (Å²) >= 11 is 2.29. The van der Waals surface area contributed by atoms with Gasteiger partial charge in [0.2, 0.25) is 11.0 Å². The average molecular weight is 620 g/mol. The third-order valence-corrected chi connectivity index (χ3v) is 8.95. The number of carbonyl (C=O) groups excluding carboxylic acids is 2. The standard InChI is InChI=1S/C28H25N7O6S2/c1-40-21-10-9-15(11-22(21)41-2)24-18(13-29)26(30)34(19-7-4-8-20(36)25(19)24)27-32-33-28(43-27)42-14-23(37)31-16-5-3-6-17(12-16)35(38)39/h3,5-6,9-12,24H,4,7-8,14,30H2,1-2H3,(H,31,37). The fourth-order valence-electron chi connectivity index (χ4n) is 5.04. The summed E-state index contributed by atoms with van der Waals surface area (Å²) < 4.78 is 11.3. The maximum Gasteiger partial charge on any atom is 0.271 e. The van der Waals surface area contributed by atoms with Crippen LogP contribution in [0.15, 0.2) is 69.5 Å². The molecule has 13 nitrogen and oxygen atoms in total. The van der Waals surface area contributed by atoms with E-state index in [0.29, 0.717) is 62.8 Å². The lowest BCUT2D eigenvalue weighted by atomic mass is 9.75. The van der Waals surface area contributed by atoms with Gasteiger partial charge in [-0.15, -0.1) is 10.2 Å². The molecular formula is C28H25N7O6S2. The molecule has 0 radical (unpaired) electrons. The van der Waals surface area contributed by atoms with Gasteiger partial charge in [0.25, 0.3) is 5.69 Å². The number of rotatable bonds is 9. The molecule has 0 saturated heterocycles. The quantitative estimate of drug-likeness (QED) is 0.194. The van der Waals surface area contributed by atoms with Crippen molar-refractivity contribution in [3.05, 3.63) is 80.8 Å². The number of nitro groups is 1. The number of aromatic nitrogens is 2. The first-order chi connectivity index (χ1) is 20.7. The number of amides is 1. The Labute approximate surface area is 254 Å². The Morgan fingerprint density at radius 3 is 2.74 bits per heavy atom. The van der Waals surface area contributed by atoms with Crippen molar-refractivity contribution < 1.29 is 24.0 Å². The summed E-state index contributed by atoms with van der Waals surface area (Å²) in [5, 5.41) is 32.7. The van der Waals surface area contributed by atoms with Crippen LogP contribution < -0.4 is 25.4 Å². The number of benzene rings is 2. The Bertz CT molecular complexity index is 1730. The molecule has 0 bridgehead atoms. The summed E-state index contributed by atoms with van der Waals surface area (Å²) in [6.07, 6.45) is 1.49. The zero-order valence-electron chi connectivity index (χ0n) is 23.0. The number of methoxy groups -OCH3 is 2. The molecule has 2 heterocycles. The van der Waals surface area contributed by atoms with E-state index in [1.165, 1.54) is 43.8 Å². The normalized spacial score (nSPS) is 16.4. The molecule has 1 aliphatic carbocycles. The van der Waals surface area contributed by atoms with Crippen LogP contribution in [-0.4, -0.2) is 46.8 Å². The molecule has 15 heteroatoms. The fourth-order valence-corrected chi connectivity index (χ4v) is 6.72. The summed E-state index contributed by atoms with van der Waals surface area (Å²) in [4.78, 5) is 38.0. The smallest absolute Gasteiger partial charge is 0.271 e. The number of nitrogens with two attached hydrogens (primary N) is 1. The second kappa shape index (κ2) is 12.5. The lowest BCUT2D eigenvalue weighted by molar-refractivity contribution is -0.384. The zero-order chi connectivity index (χ0) is 30.7. The second-order valence-corrected chi connectivity index (χ2v) is 11.6. The van der Waals surface area contributed by atoms with Gasteiger partial charge < -0.3 is 20.5 Å². The number of nitrogens with zero attached hydrogens (tertiary/aromatic N) is 5. The van der Waals surface area contributed by atoms with Crippen LogP contribution in [0.5, 0.6) is 11.5 Å². The van der Waals surface area contributed by atoms with Crippen molar-refractivity contribution in [3.63, 3.8) is 0 Å². The highest BCUT2D eigenvalue weighted by Gasteiger charge is 2.41. The molecule has 1 atom stereocenters. The van der Waals surface area contributed by atoms with E-state index in [4.69, 9.17) is 15.2 Å². The van der Waals surface area contributed by atoms with Crippen molar-refractivity contribution in [2.75, 3.05) is 30.2 Å². The number of non-ortho nitro benzene ring substituents is 1. The number of allylic oxidation sites excluding steroid dienone is 3. The molecule has 3 N–H and O–H groups in total. The van der Waals surface area contributed by atoms with E-state index in [1.54, 1.807) is 29.2 Å². The van der Waals surface area contributed by atoms with Crippen LogP contribution in [-0.2, 0) is 9.59 Å². The van der Waals surface area contributed by atoms with Crippen molar-refractivity contribution in [1.29, 1.82) is 5.26 Å². The largest absolute Gasteiger partial charge is 0.493 e. The van der Waals surface area contributed by atoms with Crippen LogP contribution in [0.3, 0.4) is 0 Å². The molecule has 1 aromatic heterocycles. The van der Waals surface area contributed by atoms with Gasteiger partial charge in [0.15, 0.2) is 21.6 Å². The van der Waals surface area contributed by atoms with Gasteiger partial charge in [-0.25, -0.2) is 0 Å². The lowest BCUT2D eigenvalue weighted by Gasteiger charge is -2.38. The number of thioether (sulfide) groups is 1. The Morgan fingerprint density at radius 2 is 2.02 bits per heavy atom. The number of nitro benzene ring substituents is 1. The molecule has 3 aromatic rings. The third-order valence-electron chi connectivity index (χ3n) is 6.91. The maximum atomic E-state index is 13.4. The molecule has 43 heavy (non-hydrogen) atoms. The third kappa shape index (κ3) is 5.87. The van der Waals surface area contributed by atoms with E-state index in [9.17, 15) is 25.0 Å².